The number of piperidine rings is 1. The zero-order valence-corrected chi connectivity index (χ0v) is 20.0. The summed E-state index contributed by atoms with van der Waals surface area (Å²) >= 11 is 0. The summed E-state index contributed by atoms with van der Waals surface area (Å²) in [5, 5.41) is 3.25. The van der Waals surface area contributed by atoms with E-state index < -0.39 is 0 Å². The first-order chi connectivity index (χ1) is 17.0. The molecule has 1 fully saturated rings. The number of amides is 1. The van der Waals surface area contributed by atoms with E-state index in [1.54, 1.807) is 12.3 Å². The van der Waals surface area contributed by atoms with Gasteiger partial charge in [0.15, 0.2) is 0 Å². The van der Waals surface area contributed by atoms with Gasteiger partial charge in [-0.25, -0.2) is 9.37 Å². The summed E-state index contributed by atoms with van der Waals surface area (Å²) in [7, 11) is 0. The Morgan fingerprint density at radius 1 is 1.09 bits per heavy atom. The van der Waals surface area contributed by atoms with Crippen LogP contribution >= 0.6 is 0 Å². The van der Waals surface area contributed by atoms with Crippen molar-refractivity contribution >= 4 is 11.6 Å². The van der Waals surface area contributed by atoms with Crippen LogP contribution in [0.1, 0.15) is 47.6 Å². The lowest BCUT2D eigenvalue weighted by molar-refractivity contribution is -0.122. The second-order valence-corrected chi connectivity index (χ2v) is 9.53. The highest BCUT2D eigenvalue weighted by Crippen LogP contribution is 2.30. The van der Waals surface area contributed by atoms with Crippen molar-refractivity contribution in [3.05, 3.63) is 107 Å². The van der Waals surface area contributed by atoms with Gasteiger partial charge in [0.2, 0.25) is 5.91 Å². The Labute approximate surface area is 205 Å². The van der Waals surface area contributed by atoms with Gasteiger partial charge in [0, 0.05) is 50.4 Å². The average molecular weight is 471 g/mol. The highest BCUT2D eigenvalue weighted by molar-refractivity contribution is 5.78. The van der Waals surface area contributed by atoms with Crippen LogP contribution in [0, 0.1) is 12.7 Å². The molecule has 0 spiro atoms. The van der Waals surface area contributed by atoms with Crippen LogP contribution in [0.2, 0.25) is 0 Å². The minimum atomic E-state index is -0.302. The zero-order chi connectivity index (χ0) is 24.2. The Bertz CT molecular complexity index is 1290. The smallest absolute Gasteiger partial charge is 0.221 e. The van der Waals surface area contributed by atoms with Crippen molar-refractivity contribution in [3.63, 3.8) is 0 Å². The number of imidazole rings is 1. The highest BCUT2D eigenvalue weighted by atomic mass is 19.1. The second-order valence-electron chi connectivity index (χ2n) is 9.53. The summed E-state index contributed by atoms with van der Waals surface area (Å²) in [5.74, 6) is -0.604. The van der Waals surface area contributed by atoms with Crippen LogP contribution in [0.15, 0.2) is 79.1 Å². The minimum Gasteiger partial charge on any atom is -0.353 e. The van der Waals surface area contributed by atoms with Crippen molar-refractivity contribution in [2.75, 3.05) is 13.1 Å². The molecule has 0 radical (unpaired) electrons. The van der Waals surface area contributed by atoms with E-state index >= 15 is 0 Å². The molecule has 180 valence electrons. The monoisotopic (exact) mass is 470 g/mol. The third-order valence-electron chi connectivity index (χ3n) is 6.90. The molecule has 35 heavy (non-hydrogen) atoms. The Morgan fingerprint density at radius 3 is 2.66 bits per heavy atom. The Hall–Kier alpha value is -3.51. The van der Waals surface area contributed by atoms with Gasteiger partial charge in [-0.3, -0.25) is 9.69 Å². The van der Waals surface area contributed by atoms with Crippen molar-refractivity contribution in [2.45, 2.75) is 44.7 Å². The average Bonchev–Trinajstić information content (AvgIpc) is 3.27. The molecule has 3 heterocycles. The molecular weight excluding hydrogens is 439 g/mol. The number of halogens is 1. The van der Waals surface area contributed by atoms with Crippen LogP contribution in [0.3, 0.4) is 0 Å². The molecule has 5 nitrogen and oxygen atoms in total. The number of nitrogens with one attached hydrogen (secondary N) is 1. The Kier molecular flexibility index (Phi) is 6.91. The van der Waals surface area contributed by atoms with Crippen molar-refractivity contribution in [3.8, 4) is 0 Å². The topological polar surface area (TPSA) is 49.6 Å². The summed E-state index contributed by atoms with van der Waals surface area (Å²) in [6, 6.07) is 21.2. The molecule has 2 aromatic heterocycles. The van der Waals surface area contributed by atoms with Gasteiger partial charge < -0.3 is 9.72 Å². The van der Waals surface area contributed by atoms with Gasteiger partial charge in [-0.1, -0.05) is 42.5 Å². The van der Waals surface area contributed by atoms with Gasteiger partial charge in [-0.2, -0.15) is 0 Å². The number of rotatable bonds is 7. The van der Waals surface area contributed by atoms with Gasteiger partial charge in [0.05, 0.1) is 5.69 Å². The predicted octanol–water partition coefficient (Wildman–Crippen LogP) is 5.08. The van der Waals surface area contributed by atoms with Crippen LogP contribution in [0.25, 0.3) is 5.65 Å². The van der Waals surface area contributed by atoms with Crippen LogP contribution in [-0.4, -0.2) is 39.3 Å². The van der Waals surface area contributed by atoms with Gasteiger partial charge in [-0.05, 0) is 60.7 Å². The molecule has 4 aromatic rings. The Balaban J connectivity index is 1.27. The van der Waals surface area contributed by atoms with Crippen molar-refractivity contribution < 1.29 is 9.18 Å². The van der Waals surface area contributed by atoms with Crippen molar-refractivity contribution in [1.82, 2.24) is 19.6 Å². The van der Waals surface area contributed by atoms with E-state index in [2.05, 4.69) is 39.5 Å². The minimum absolute atomic E-state index is 0.0113. The number of pyridine rings is 1. The SMILES string of the molecule is Cc1ccn2c(C(CC(=O)NC3CCN(Cc4ccccc4)CC3)c3cccc(F)c3)cnc2c1. The lowest BCUT2D eigenvalue weighted by Gasteiger charge is -2.32. The van der Waals surface area contributed by atoms with Crippen molar-refractivity contribution in [1.29, 1.82) is 0 Å². The highest BCUT2D eigenvalue weighted by Gasteiger charge is 2.25. The lowest BCUT2D eigenvalue weighted by Crippen LogP contribution is -2.44. The molecule has 1 amide bonds. The fraction of sp³-hybridized carbons (Fsp3) is 0.310. The van der Waals surface area contributed by atoms with Crippen LogP contribution < -0.4 is 5.32 Å². The molecule has 1 N–H and O–H groups in total. The number of carbonyl (C=O) groups is 1. The molecule has 0 aliphatic carbocycles. The molecule has 1 unspecified atom stereocenters. The number of benzene rings is 2. The molecular formula is C29H31FN4O. The number of likely N-dealkylation sites (tertiary alicyclic amines) is 1. The lowest BCUT2D eigenvalue weighted by atomic mass is 9.92. The van der Waals surface area contributed by atoms with Gasteiger partial charge in [0.1, 0.15) is 11.5 Å². The fourth-order valence-corrected chi connectivity index (χ4v) is 5.03. The first-order valence-electron chi connectivity index (χ1n) is 12.3. The number of aromatic nitrogens is 2. The summed E-state index contributed by atoms with van der Waals surface area (Å²) < 4.78 is 16.1. The standard InChI is InChI=1S/C29H31FN4O/c1-21-10-15-34-27(19-31-28(34)16-21)26(23-8-5-9-24(30)17-23)18-29(35)32-25-11-13-33(14-12-25)20-22-6-3-2-4-7-22/h2-10,15-17,19,25-26H,11-14,18,20H2,1H3,(H,32,35). The normalized spacial score (nSPS) is 15.8. The number of fused-ring (bicyclic) bond motifs is 1. The van der Waals surface area contributed by atoms with Gasteiger partial charge >= 0.3 is 0 Å². The van der Waals surface area contributed by atoms with Gasteiger partial charge in [0.25, 0.3) is 0 Å². The molecule has 1 saturated heterocycles. The number of aryl methyl sites for hydroxylation is 1. The molecule has 1 atom stereocenters. The molecule has 1 aliphatic heterocycles. The summed E-state index contributed by atoms with van der Waals surface area (Å²) in [4.78, 5) is 20.2. The maximum atomic E-state index is 14.1. The summed E-state index contributed by atoms with van der Waals surface area (Å²) in [6.45, 7) is 4.88. The van der Waals surface area contributed by atoms with Crippen LogP contribution in [-0.2, 0) is 11.3 Å². The van der Waals surface area contributed by atoms with E-state index in [1.807, 2.05) is 41.8 Å². The van der Waals surface area contributed by atoms with E-state index in [9.17, 15) is 9.18 Å². The molecule has 2 aromatic carbocycles. The van der Waals surface area contributed by atoms with Crippen LogP contribution in [0.5, 0.6) is 0 Å². The third-order valence-corrected chi connectivity index (χ3v) is 6.90. The maximum Gasteiger partial charge on any atom is 0.221 e. The first kappa shape index (κ1) is 23.2. The number of nitrogens with zero attached hydrogens (tertiary/aromatic N) is 3. The van der Waals surface area contributed by atoms with Gasteiger partial charge in [-0.15, -0.1) is 0 Å². The fourth-order valence-electron chi connectivity index (χ4n) is 5.03. The second kappa shape index (κ2) is 10.4. The molecule has 5 rings (SSSR count). The number of carbonyl (C=O) groups excluding carboxylic acids is 1. The number of hydrogen-bond acceptors (Lipinski definition) is 3. The van der Waals surface area contributed by atoms with E-state index in [1.165, 1.54) is 17.7 Å². The quantitative estimate of drug-likeness (QED) is 0.410. The zero-order valence-electron chi connectivity index (χ0n) is 20.0. The number of hydrogen-bond donors (Lipinski definition) is 1. The largest absolute Gasteiger partial charge is 0.353 e. The van der Waals surface area contributed by atoms with E-state index in [-0.39, 0.29) is 30.1 Å². The first-order valence-corrected chi connectivity index (χ1v) is 12.3. The maximum absolute atomic E-state index is 14.1. The Morgan fingerprint density at radius 2 is 1.89 bits per heavy atom. The molecule has 0 saturated carbocycles. The molecule has 6 heteroatoms. The summed E-state index contributed by atoms with van der Waals surface area (Å²) in [6.07, 6.45) is 5.88. The molecule has 0 bridgehead atoms. The van der Waals surface area contributed by atoms with Crippen LogP contribution in [0.4, 0.5) is 4.39 Å². The van der Waals surface area contributed by atoms with E-state index in [0.717, 1.165) is 54.9 Å². The summed E-state index contributed by atoms with van der Waals surface area (Å²) in [5.41, 5.74) is 4.93. The van der Waals surface area contributed by atoms with Crippen molar-refractivity contribution in [2.24, 2.45) is 0 Å². The van der Waals surface area contributed by atoms with E-state index in [4.69, 9.17) is 0 Å². The third kappa shape index (κ3) is 5.60. The predicted molar refractivity (Wildman–Crippen MR) is 136 cm³/mol. The molecule has 1 aliphatic rings. The van der Waals surface area contributed by atoms with E-state index in [0.29, 0.717) is 0 Å².